The molecule has 0 amide bonds. The number of rotatable bonds is 5. The van der Waals surface area contributed by atoms with Crippen LogP contribution in [0.25, 0.3) is 22.3 Å². The summed E-state index contributed by atoms with van der Waals surface area (Å²) in [6.07, 6.45) is 2.15. The lowest BCUT2D eigenvalue weighted by atomic mass is 9.92. The molecule has 0 aliphatic carbocycles. The fraction of sp³-hybridized carbons (Fsp3) is 0.182. The molecule has 0 spiro atoms. The van der Waals surface area contributed by atoms with E-state index in [1.807, 2.05) is 18.2 Å². The Labute approximate surface area is 156 Å². The van der Waals surface area contributed by atoms with Gasteiger partial charge in [0.25, 0.3) is 0 Å². The van der Waals surface area contributed by atoms with Crippen molar-refractivity contribution in [3.63, 3.8) is 0 Å². The van der Waals surface area contributed by atoms with Gasteiger partial charge in [-0.15, -0.1) is 0 Å². The van der Waals surface area contributed by atoms with Gasteiger partial charge < -0.3 is 0 Å². The number of aryl methyl sites for hydroxylation is 1. The molecule has 0 nitrogen and oxygen atoms in total. The van der Waals surface area contributed by atoms with Crippen LogP contribution in [-0.2, 0) is 10.8 Å². The molecule has 0 atom stereocenters. The lowest BCUT2D eigenvalue weighted by molar-refractivity contribution is 0.632. The fourth-order valence-corrected chi connectivity index (χ4v) is 3.53. The van der Waals surface area contributed by atoms with Crippen molar-refractivity contribution in [2.75, 3.05) is 0 Å². The Morgan fingerprint density at radius 2 is 1.50 bits per heavy atom. The lowest BCUT2D eigenvalue weighted by Gasteiger charge is -2.13. The van der Waals surface area contributed by atoms with Crippen LogP contribution in [0.5, 0.6) is 0 Å². The highest BCUT2D eigenvalue weighted by atomic mass is 127. The Balaban J connectivity index is 2.16. The standard InChI is InChI=1S/C22H20FI/c1-2-6-16-7-3-9-18(13-16)20-11-5-12-21(23)22(20)19-10-4-8-17(14-19)15-24/h3-5,7-14H,2,6,15H2,1H3. The van der Waals surface area contributed by atoms with Crippen LogP contribution in [0.15, 0.2) is 66.7 Å². The fourth-order valence-electron chi connectivity index (χ4n) is 3.05. The summed E-state index contributed by atoms with van der Waals surface area (Å²) < 4.78 is 15.6. The molecule has 0 heterocycles. The number of hydrogen-bond acceptors (Lipinski definition) is 0. The summed E-state index contributed by atoms with van der Waals surface area (Å²) in [6.45, 7) is 2.18. The van der Waals surface area contributed by atoms with Gasteiger partial charge in [-0.05, 0) is 40.3 Å². The Bertz CT molecular complexity index is 839. The van der Waals surface area contributed by atoms with Crippen molar-refractivity contribution >= 4 is 22.6 Å². The van der Waals surface area contributed by atoms with E-state index in [1.54, 1.807) is 12.1 Å². The summed E-state index contributed by atoms with van der Waals surface area (Å²) in [5.74, 6) is -0.168. The minimum Gasteiger partial charge on any atom is -0.206 e. The van der Waals surface area contributed by atoms with Gasteiger partial charge in [-0.2, -0.15) is 0 Å². The van der Waals surface area contributed by atoms with E-state index in [9.17, 15) is 4.39 Å². The van der Waals surface area contributed by atoms with Crippen molar-refractivity contribution in [2.24, 2.45) is 0 Å². The van der Waals surface area contributed by atoms with Crippen molar-refractivity contribution < 1.29 is 4.39 Å². The minimum absolute atomic E-state index is 0.168. The SMILES string of the molecule is CCCc1cccc(-c2cccc(F)c2-c2cccc(CI)c2)c1. The highest BCUT2D eigenvalue weighted by Gasteiger charge is 2.13. The average Bonchev–Trinajstić information content (AvgIpc) is 2.62. The molecular weight excluding hydrogens is 410 g/mol. The van der Waals surface area contributed by atoms with Gasteiger partial charge in [0, 0.05) is 9.99 Å². The molecule has 3 aromatic carbocycles. The van der Waals surface area contributed by atoms with Gasteiger partial charge in [0.05, 0.1) is 0 Å². The van der Waals surface area contributed by atoms with Crippen molar-refractivity contribution in [3.05, 3.63) is 83.7 Å². The first kappa shape index (κ1) is 17.2. The van der Waals surface area contributed by atoms with Gasteiger partial charge in [0.1, 0.15) is 5.82 Å². The molecule has 0 aliphatic rings. The summed E-state index contributed by atoms with van der Waals surface area (Å²) in [4.78, 5) is 0. The van der Waals surface area contributed by atoms with Crippen LogP contribution < -0.4 is 0 Å². The summed E-state index contributed by atoms with van der Waals surface area (Å²) in [5, 5.41) is 0. The molecule has 0 aromatic heterocycles. The second-order valence-corrected chi connectivity index (χ2v) is 6.71. The number of hydrogen-bond donors (Lipinski definition) is 0. The monoisotopic (exact) mass is 430 g/mol. The molecule has 0 aliphatic heterocycles. The van der Waals surface area contributed by atoms with Gasteiger partial charge in [-0.3, -0.25) is 0 Å². The zero-order chi connectivity index (χ0) is 16.9. The molecule has 0 N–H and O–H groups in total. The van der Waals surface area contributed by atoms with Gasteiger partial charge in [-0.1, -0.05) is 96.6 Å². The smallest absolute Gasteiger partial charge is 0.131 e. The van der Waals surface area contributed by atoms with Crippen LogP contribution >= 0.6 is 22.6 Å². The van der Waals surface area contributed by atoms with E-state index in [1.165, 1.54) is 11.1 Å². The quantitative estimate of drug-likeness (QED) is 0.301. The van der Waals surface area contributed by atoms with Crippen LogP contribution in [0.4, 0.5) is 4.39 Å². The van der Waals surface area contributed by atoms with Crippen molar-refractivity contribution in [2.45, 2.75) is 24.2 Å². The van der Waals surface area contributed by atoms with E-state index in [-0.39, 0.29) is 5.82 Å². The zero-order valence-electron chi connectivity index (χ0n) is 13.7. The van der Waals surface area contributed by atoms with E-state index >= 15 is 0 Å². The largest absolute Gasteiger partial charge is 0.206 e. The highest BCUT2D eigenvalue weighted by molar-refractivity contribution is 14.1. The van der Waals surface area contributed by atoms with E-state index in [0.717, 1.165) is 34.0 Å². The van der Waals surface area contributed by atoms with Crippen LogP contribution in [0.3, 0.4) is 0 Å². The Morgan fingerprint density at radius 1 is 0.833 bits per heavy atom. The molecule has 122 valence electrons. The molecule has 0 fully saturated rings. The maximum atomic E-state index is 14.7. The summed E-state index contributed by atoms with van der Waals surface area (Å²) in [6, 6.07) is 22.0. The van der Waals surface area contributed by atoms with Crippen molar-refractivity contribution in [1.29, 1.82) is 0 Å². The maximum Gasteiger partial charge on any atom is 0.131 e. The van der Waals surface area contributed by atoms with E-state index in [0.29, 0.717) is 5.56 Å². The van der Waals surface area contributed by atoms with Gasteiger partial charge in [-0.25, -0.2) is 4.39 Å². The third kappa shape index (κ3) is 3.69. The molecule has 3 rings (SSSR count). The van der Waals surface area contributed by atoms with Gasteiger partial charge >= 0.3 is 0 Å². The predicted octanol–water partition coefficient (Wildman–Crippen LogP) is 7.05. The summed E-state index contributed by atoms with van der Waals surface area (Å²) in [5.41, 5.74) is 6.18. The normalized spacial score (nSPS) is 10.8. The van der Waals surface area contributed by atoms with Crippen LogP contribution in [0.1, 0.15) is 24.5 Å². The first-order valence-corrected chi connectivity index (χ1v) is 9.78. The summed E-state index contributed by atoms with van der Waals surface area (Å²) >= 11 is 2.34. The zero-order valence-corrected chi connectivity index (χ0v) is 15.9. The molecule has 0 unspecified atom stereocenters. The van der Waals surface area contributed by atoms with Crippen LogP contribution in [-0.4, -0.2) is 0 Å². The van der Waals surface area contributed by atoms with Crippen LogP contribution in [0.2, 0.25) is 0 Å². The Kier molecular flexibility index (Phi) is 5.67. The van der Waals surface area contributed by atoms with E-state index in [2.05, 4.69) is 65.9 Å². The second-order valence-electron chi connectivity index (χ2n) is 5.95. The molecular formula is C22H20FI. The third-order valence-corrected chi connectivity index (χ3v) is 5.04. The first-order chi connectivity index (χ1) is 11.7. The van der Waals surface area contributed by atoms with Crippen molar-refractivity contribution in [1.82, 2.24) is 0 Å². The molecule has 24 heavy (non-hydrogen) atoms. The number of benzene rings is 3. The maximum absolute atomic E-state index is 14.7. The van der Waals surface area contributed by atoms with Crippen LogP contribution in [0, 0.1) is 5.82 Å². The van der Waals surface area contributed by atoms with E-state index < -0.39 is 0 Å². The number of alkyl halides is 1. The number of halogens is 2. The van der Waals surface area contributed by atoms with E-state index in [4.69, 9.17) is 0 Å². The second kappa shape index (κ2) is 7.93. The Hall–Kier alpha value is -1.68. The van der Waals surface area contributed by atoms with Gasteiger partial charge in [0.15, 0.2) is 0 Å². The van der Waals surface area contributed by atoms with Crippen molar-refractivity contribution in [3.8, 4) is 22.3 Å². The lowest BCUT2D eigenvalue weighted by Crippen LogP contribution is -1.92. The molecule has 0 radical (unpaired) electrons. The topological polar surface area (TPSA) is 0 Å². The Morgan fingerprint density at radius 3 is 2.25 bits per heavy atom. The molecule has 0 saturated carbocycles. The average molecular weight is 430 g/mol. The molecule has 0 saturated heterocycles. The van der Waals surface area contributed by atoms with Gasteiger partial charge in [0.2, 0.25) is 0 Å². The molecule has 0 bridgehead atoms. The summed E-state index contributed by atoms with van der Waals surface area (Å²) in [7, 11) is 0. The minimum atomic E-state index is -0.168. The molecule has 2 heteroatoms. The molecule has 3 aromatic rings. The highest BCUT2D eigenvalue weighted by Crippen LogP contribution is 2.35. The predicted molar refractivity (Wildman–Crippen MR) is 109 cm³/mol. The first-order valence-electron chi connectivity index (χ1n) is 8.26. The third-order valence-electron chi connectivity index (χ3n) is 4.16.